The molecule has 0 radical (unpaired) electrons. The van der Waals surface area contributed by atoms with Crippen molar-refractivity contribution >= 4 is 27.1 Å². The molecular formula is C16H16BrN3O3. The molecule has 0 saturated carbocycles. The first-order chi connectivity index (χ1) is 11.1. The topological polar surface area (TPSA) is 69.3 Å². The molecule has 23 heavy (non-hydrogen) atoms. The first kappa shape index (κ1) is 15.6. The molecule has 0 saturated heterocycles. The van der Waals surface area contributed by atoms with Gasteiger partial charge in [0.1, 0.15) is 10.4 Å². The molecule has 120 valence electrons. The Morgan fingerprint density at radius 3 is 2.30 bits per heavy atom. The summed E-state index contributed by atoms with van der Waals surface area (Å²) in [6.45, 7) is 0. The molecule has 3 rings (SSSR count). The predicted molar refractivity (Wildman–Crippen MR) is 90.5 cm³/mol. The minimum absolute atomic E-state index is 0.578. The lowest BCUT2D eigenvalue weighted by atomic mass is 10.1. The van der Waals surface area contributed by atoms with E-state index in [9.17, 15) is 0 Å². The van der Waals surface area contributed by atoms with E-state index >= 15 is 0 Å². The molecule has 0 bridgehead atoms. The van der Waals surface area contributed by atoms with Crippen molar-refractivity contribution in [3.63, 3.8) is 0 Å². The lowest BCUT2D eigenvalue weighted by Gasteiger charge is -2.13. The van der Waals surface area contributed by atoms with Crippen LogP contribution in [-0.2, 0) is 6.42 Å². The molecule has 0 atom stereocenters. The highest BCUT2D eigenvalue weighted by Gasteiger charge is 2.14. The van der Waals surface area contributed by atoms with Crippen LogP contribution >= 0.6 is 15.9 Å². The summed E-state index contributed by atoms with van der Waals surface area (Å²) in [5, 5.41) is 0. The van der Waals surface area contributed by atoms with Gasteiger partial charge < -0.3 is 19.2 Å². The van der Waals surface area contributed by atoms with Crippen LogP contribution in [0.4, 0.5) is 0 Å². The molecule has 6 nitrogen and oxygen atoms in total. The smallest absolute Gasteiger partial charge is 0.203 e. The van der Waals surface area contributed by atoms with Crippen LogP contribution in [0.15, 0.2) is 28.9 Å². The molecular weight excluding hydrogens is 362 g/mol. The van der Waals surface area contributed by atoms with Crippen LogP contribution in [0.1, 0.15) is 11.4 Å². The largest absolute Gasteiger partial charge is 0.493 e. The second-order valence-electron chi connectivity index (χ2n) is 4.90. The summed E-state index contributed by atoms with van der Waals surface area (Å²) in [6.07, 6.45) is 0.602. The van der Waals surface area contributed by atoms with E-state index in [2.05, 4.69) is 30.9 Å². The summed E-state index contributed by atoms with van der Waals surface area (Å²) in [5.41, 5.74) is 2.58. The molecule has 1 aromatic carbocycles. The number of fused-ring (bicyclic) bond motifs is 1. The Morgan fingerprint density at radius 2 is 1.70 bits per heavy atom. The van der Waals surface area contributed by atoms with Gasteiger partial charge in [0.05, 0.1) is 26.8 Å². The highest BCUT2D eigenvalue weighted by Crippen LogP contribution is 2.38. The fourth-order valence-electron chi connectivity index (χ4n) is 2.43. The zero-order chi connectivity index (χ0) is 16.4. The Hall–Kier alpha value is -2.28. The van der Waals surface area contributed by atoms with Crippen molar-refractivity contribution in [2.24, 2.45) is 0 Å². The van der Waals surface area contributed by atoms with E-state index in [1.807, 2.05) is 24.3 Å². The first-order valence-corrected chi connectivity index (χ1v) is 7.74. The quantitative estimate of drug-likeness (QED) is 0.690. The molecule has 0 amide bonds. The van der Waals surface area contributed by atoms with Crippen molar-refractivity contribution in [1.29, 1.82) is 0 Å². The fraction of sp³-hybridized carbons (Fsp3) is 0.250. The molecule has 0 aliphatic heterocycles. The summed E-state index contributed by atoms with van der Waals surface area (Å²) < 4.78 is 16.9. The van der Waals surface area contributed by atoms with Crippen molar-refractivity contribution < 1.29 is 14.2 Å². The number of H-pyrrole nitrogens is 1. The Morgan fingerprint density at radius 1 is 1.00 bits per heavy atom. The number of hydrogen-bond donors (Lipinski definition) is 1. The number of nitrogens with zero attached hydrogens (tertiary/aromatic N) is 2. The number of aromatic amines is 1. The molecule has 0 spiro atoms. The van der Waals surface area contributed by atoms with Gasteiger partial charge >= 0.3 is 0 Å². The van der Waals surface area contributed by atoms with Crippen molar-refractivity contribution in [3.05, 3.63) is 40.3 Å². The van der Waals surface area contributed by atoms with Crippen LogP contribution in [0, 0.1) is 0 Å². The number of hydrogen-bond acceptors (Lipinski definition) is 5. The number of imidazole rings is 1. The molecule has 2 aromatic heterocycles. The van der Waals surface area contributed by atoms with Gasteiger partial charge in [-0.3, -0.25) is 0 Å². The molecule has 0 fully saturated rings. The average Bonchev–Trinajstić information content (AvgIpc) is 2.94. The van der Waals surface area contributed by atoms with Crippen LogP contribution in [-0.4, -0.2) is 36.3 Å². The number of pyridine rings is 1. The third kappa shape index (κ3) is 3.10. The molecule has 7 heteroatoms. The molecule has 0 aliphatic carbocycles. The van der Waals surface area contributed by atoms with Gasteiger partial charge in [-0.15, -0.1) is 0 Å². The van der Waals surface area contributed by atoms with Crippen molar-refractivity contribution in [1.82, 2.24) is 15.0 Å². The number of ether oxygens (including phenoxy) is 3. The first-order valence-electron chi connectivity index (χ1n) is 6.94. The Labute approximate surface area is 141 Å². The number of benzene rings is 1. The molecule has 2 heterocycles. The summed E-state index contributed by atoms with van der Waals surface area (Å²) in [7, 11) is 4.79. The Balaban J connectivity index is 1.97. The zero-order valence-electron chi connectivity index (χ0n) is 13.0. The maximum Gasteiger partial charge on any atom is 0.203 e. The van der Waals surface area contributed by atoms with E-state index in [-0.39, 0.29) is 0 Å². The standard InChI is InChI=1S/C16H16BrN3O3/c1-21-11-6-9(7-12(22-2)15(11)23-3)8-14-18-10-4-5-13(17)19-16(10)20-14/h4-7H,8H2,1-3H3,(H,18,19,20). The van der Waals surface area contributed by atoms with Crippen molar-refractivity contribution in [2.75, 3.05) is 21.3 Å². The second-order valence-corrected chi connectivity index (χ2v) is 5.71. The second kappa shape index (κ2) is 6.45. The van der Waals surface area contributed by atoms with Gasteiger partial charge in [0.25, 0.3) is 0 Å². The van der Waals surface area contributed by atoms with Gasteiger partial charge in [-0.1, -0.05) is 0 Å². The van der Waals surface area contributed by atoms with E-state index < -0.39 is 0 Å². The lowest BCUT2D eigenvalue weighted by Crippen LogP contribution is -1.98. The fourth-order valence-corrected chi connectivity index (χ4v) is 2.73. The third-order valence-electron chi connectivity index (χ3n) is 3.46. The average molecular weight is 378 g/mol. The lowest BCUT2D eigenvalue weighted by molar-refractivity contribution is 0.324. The number of rotatable bonds is 5. The van der Waals surface area contributed by atoms with E-state index in [4.69, 9.17) is 14.2 Å². The van der Waals surface area contributed by atoms with Crippen LogP contribution in [0.25, 0.3) is 11.2 Å². The molecule has 3 aromatic rings. The number of nitrogens with one attached hydrogen (secondary N) is 1. The van der Waals surface area contributed by atoms with E-state index in [1.165, 1.54) is 0 Å². The Bertz CT molecular complexity index is 823. The minimum atomic E-state index is 0.578. The maximum absolute atomic E-state index is 5.38. The molecule has 0 aliphatic rings. The summed E-state index contributed by atoms with van der Waals surface area (Å²) in [4.78, 5) is 12.1. The third-order valence-corrected chi connectivity index (χ3v) is 3.90. The van der Waals surface area contributed by atoms with Crippen molar-refractivity contribution in [3.8, 4) is 17.2 Å². The number of aromatic nitrogens is 3. The maximum atomic E-state index is 5.38. The van der Waals surface area contributed by atoms with Gasteiger partial charge in [0.2, 0.25) is 5.75 Å². The highest BCUT2D eigenvalue weighted by molar-refractivity contribution is 9.10. The van der Waals surface area contributed by atoms with Gasteiger partial charge in [-0.05, 0) is 45.8 Å². The zero-order valence-corrected chi connectivity index (χ0v) is 14.6. The minimum Gasteiger partial charge on any atom is -0.493 e. The normalized spacial score (nSPS) is 10.8. The summed E-state index contributed by atoms with van der Waals surface area (Å²) in [6, 6.07) is 7.65. The van der Waals surface area contributed by atoms with Gasteiger partial charge in [0, 0.05) is 6.42 Å². The SMILES string of the molecule is COc1cc(Cc2nc3nc(Br)ccc3[nH]2)cc(OC)c1OC. The van der Waals surface area contributed by atoms with Crippen LogP contribution in [0.2, 0.25) is 0 Å². The number of halogens is 1. The summed E-state index contributed by atoms with van der Waals surface area (Å²) in [5.74, 6) is 2.64. The van der Waals surface area contributed by atoms with Gasteiger partial charge in [-0.2, -0.15) is 0 Å². The molecule has 1 N–H and O–H groups in total. The van der Waals surface area contributed by atoms with Gasteiger partial charge in [0.15, 0.2) is 17.1 Å². The van der Waals surface area contributed by atoms with Crippen LogP contribution in [0.5, 0.6) is 17.2 Å². The van der Waals surface area contributed by atoms with Crippen LogP contribution in [0.3, 0.4) is 0 Å². The van der Waals surface area contributed by atoms with E-state index in [1.54, 1.807) is 21.3 Å². The highest BCUT2D eigenvalue weighted by atomic mass is 79.9. The van der Waals surface area contributed by atoms with E-state index in [0.717, 1.165) is 21.5 Å². The van der Waals surface area contributed by atoms with Gasteiger partial charge in [-0.25, -0.2) is 9.97 Å². The number of methoxy groups -OCH3 is 3. The predicted octanol–water partition coefficient (Wildman–Crippen LogP) is 3.34. The Kier molecular flexibility index (Phi) is 4.38. The monoisotopic (exact) mass is 377 g/mol. The summed E-state index contributed by atoms with van der Waals surface area (Å²) >= 11 is 3.35. The molecule has 0 unspecified atom stereocenters. The van der Waals surface area contributed by atoms with Crippen LogP contribution < -0.4 is 14.2 Å². The van der Waals surface area contributed by atoms with Crippen molar-refractivity contribution in [2.45, 2.75) is 6.42 Å². The van der Waals surface area contributed by atoms with E-state index in [0.29, 0.717) is 29.3 Å².